The van der Waals surface area contributed by atoms with Crippen molar-refractivity contribution in [1.82, 2.24) is 14.9 Å². The largest absolute Gasteiger partial charge is 0.497 e. The number of ether oxygens (including phenoxy) is 1. The van der Waals surface area contributed by atoms with Crippen molar-refractivity contribution in [2.45, 2.75) is 45.4 Å². The SMILES string of the molecule is CCC1=NOC(C(=O)N2Cc3cnc(Cc4ccc(OC)cc4)nc3C2)C1. The van der Waals surface area contributed by atoms with Crippen LogP contribution in [-0.4, -0.2) is 39.7 Å². The number of amides is 1. The number of carbonyl (C=O) groups excluding carboxylic acids is 1. The maximum absolute atomic E-state index is 12.7. The Kier molecular flexibility index (Phi) is 4.75. The number of rotatable bonds is 5. The summed E-state index contributed by atoms with van der Waals surface area (Å²) in [5.41, 5.74) is 3.96. The summed E-state index contributed by atoms with van der Waals surface area (Å²) in [5.74, 6) is 1.55. The van der Waals surface area contributed by atoms with Crippen molar-refractivity contribution in [2.75, 3.05) is 7.11 Å². The van der Waals surface area contributed by atoms with Gasteiger partial charge in [0.2, 0.25) is 6.10 Å². The lowest BCUT2D eigenvalue weighted by Crippen LogP contribution is -2.35. The Hall–Kier alpha value is -2.96. The molecule has 140 valence electrons. The number of carbonyl (C=O) groups is 1. The minimum Gasteiger partial charge on any atom is -0.497 e. The Morgan fingerprint density at radius 2 is 2.11 bits per heavy atom. The summed E-state index contributed by atoms with van der Waals surface area (Å²) in [6.45, 7) is 3.03. The summed E-state index contributed by atoms with van der Waals surface area (Å²) in [4.78, 5) is 28.9. The van der Waals surface area contributed by atoms with Crippen LogP contribution in [0.3, 0.4) is 0 Å². The van der Waals surface area contributed by atoms with Gasteiger partial charge in [0.05, 0.1) is 25.1 Å². The molecule has 0 N–H and O–H groups in total. The van der Waals surface area contributed by atoms with Crippen molar-refractivity contribution in [1.29, 1.82) is 0 Å². The fourth-order valence-electron chi connectivity index (χ4n) is 3.33. The van der Waals surface area contributed by atoms with Crippen LogP contribution in [0.25, 0.3) is 0 Å². The fraction of sp³-hybridized carbons (Fsp3) is 0.400. The van der Waals surface area contributed by atoms with Gasteiger partial charge in [-0.1, -0.05) is 24.2 Å². The van der Waals surface area contributed by atoms with E-state index in [2.05, 4.69) is 15.1 Å². The molecule has 1 amide bonds. The monoisotopic (exact) mass is 366 g/mol. The number of hydrogen-bond acceptors (Lipinski definition) is 6. The second-order valence-electron chi connectivity index (χ2n) is 6.79. The fourth-order valence-corrected chi connectivity index (χ4v) is 3.33. The smallest absolute Gasteiger partial charge is 0.267 e. The van der Waals surface area contributed by atoms with Gasteiger partial charge in [-0.05, 0) is 24.1 Å². The molecule has 1 aromatic heterocycles. The number of methoxy groups -OCH3 is 1. The second kappa shape index (κ2) is 7.34. The molecule has 0 fully saturated rings. The van der Waals surface area contributed by atoms with Crippen LogP contribution in [0.4, 0.5) is 0 Å². The molecule has 3 heterocycles. The molecule has 2 aliphatic heterocycles. The topological polar surface area (TPSA) is 76.9 Å². The van der Waals surface area contributed by atoms with Crippen LogP contribution in [0.2, 0.25) is 0 Å². The van der Waals surface area contributed by atoms with Crippen molar-refractivity contribution in [3.05, 3.63) is 53.1 Å². The average molecular weight is 366 g/mol. The zero-order valence-electron chi connectivity index (χ0n) is 15.5. The molecule has 1 atom stereocenters. The van der Waals surface area contributed by atoms with Gasteiger partial charge in [-0.2, -0.15) is 0 Å². The lowest BCUT2D eigenvalue weighted by atomic mass is 10.1. The molecule has 4 rings (SSSR count). The molecule has 0 spiro atoms. The maximum atomic E-state index is 12.7. The molecule has 27 heavy (non-hydrogen) atoms. The number of oxime groups is 1. The van der Waals surface area contributed by atoms with Gasteiger partial charge in [-0.15, -0.1) is 0 Å². The highest BCUT2D eigenvalue weighted by atomic mass is 16.6. The highest BCUT2D eigenvalue weighted by molar-refractivity contribution is 5.92. The number of hydrogen-bond donors (Lipinski definition) is 0. The van der Waals surface area contributed by atoms with E-state index in [0.717, 1.165) is 40.5 Å². The van der Waals surface area contributed by atoms with Crippen LogP contribution in [0.15, 0.2) is 35.6 Å². The summed E-state index contributed by atoms with van der Waals surface area (Å²) in [7, 11) is 1.65. The molecule has 0 radical (unpaired) electrons. The Balaban J connectivity index is 1.41. The van der Waals surface area contributed by atoms with Crippen molar-refractivity contribution >= 4 is 11.6 Å². The Morgan fingerprint density at radius 1 is 1.30 bits per heavy atom. The normalized spacial score (nSPS) is 18.1. The Bertz CT molecular complexity index is 879. The standard InChI is InChI=1S/C20H22N4O3/c1-3-15-9-18(27-23-15)20(25)24-11-14-10-21-19(22-17(14)12-24)8-13-4-6-16(26-2)7-5-13/h4-7,10,18H,3,8-9,11-12H2,1-2H3. The van der Waals surface area contributed by atoms with E-state index in [1.807, 2.05) is 37.4 Å². The average Bonchev–Trinajstić information content (AvgIpc) is 3.34. The van der Waals surface area contributed by atoms with Crippen LogP contribution < -0.4 is 4.74 Å². The minimum atomic E-state index is -0.499. The molecule has 7 heteroatoms. The zero-order valence-corrected chi connectivity index (χ0v) is 15.5. The summed E-state index contributed by atoms with van der Waals surface area (Å²) in [6.07, 6.45) is 3.37. The first-order valence-corrected chi connectivity index (χ1v) is 9.13. The minimum absolute atomic E-state index is 0.0306. The molecule has 1 unspecified atom stereocenters. The first-order chi connectivity index (χ1) is 13.2. The summed E-state index contributed by atoms with van der Waals surface area (Å²) in [5, 5.41) is 3.98. The van der Waals surface area contributed by atoms with Crippen LogP contribution in [-0.2, 0) is 29.1 Å². The van der Waals surface area contributed by atoms with Crippen LogP contribution >= 0.6 is 0 Å². The van der Waals surface area contributed by atoms with Crippen molar-refractivity contribution < 1.29 is 14.4 Å². The molecule has 0 bridgehead atoms. The third kappa shape index (κ3) is 3.63. The number of nitrogens with zero attached hydrogens (tertiary/aromatic N) is 4. The van der Waals surface area contributed by atoms with E-state index < -0.39 is 6.10 Å². The quantitative estimate of drug-likeness (QED) is 0.812. The molecule has 0 aliphatic carbocycles. The van der Waals surface area contributed by atoms with E-state index in [4.69, 9.17) is 9.57 Å². The molecule has 2 aliphatic rings. The number of aromatic nitrogens is 2. The lowest BCUT2D eigenvalue weighted by Gasteiger charge is -2.18. The van der Waals surface area contributed by atoms with E-state index in [9.17, 15) is 4.79 Å². The van der Waals surface area contributed by atoms with E-state index in [1.54, 1.807) is 12.0 Å². The second-order valence-corrected chi connectivity index (χ2v) is 6.79. The van der Waals surface area contributed by atoms with E-state index >= 15 is 0 Å². The number of fused-ring (bicyclic) bond motifs is 1. The van der Waals surface area contributed by atoms with Crippen molar-refractivity contribution in [3.63, 3.8) is 0 Å². The molecular formula is C20H22N4O3. The van der Waals surface area contributed by atoms with Crippen LogP contribution in [0, 0.1) is 0 Å². The van der Waals surface area contributed by atoms with Gasteiger partial charge in [0.1, 0.15) is 11.6 Å². The first kappa shape index (κ1) is 17.5. The summed E-state index contributed by atoms with van der Waals surface area (Å²) < 4.78 is 5.18. The highest BCUT2D eigenvalue weighted by Gasteiger charge is 2.34. The van der Waals surface area contributed by atoms with Crippen molar-refractivity contribution in [3.8, 4) is 5.75 Å². The molecule has 2 aromatic rings. The maximum Gasteiger partial charge on any atom is 0.267 e. The van der Waals surface area contributed by atoms with Crippen LogP contribution in [0.1, 0.15) is 42.4 Å². The van der Waals surface area contributed by atoms with E-state index in [0.29, 0.717) is 25.9 Å². The lowest BCUT2D eigenvalue weighted by molar-refractivity contribution is -0.142. The van der Waals surface area contributed by atoms with Gasteiger partial charge in [-0.25, -0.2) is 9.97 Å². The third-order valence-corrected chi connectivity index (χ3v) is 4.95. The molecule has 0 saturated carbocycles. The summed E-state index contributed by atoms with van der Waals surface area (Å²) >= 11 is 0. The van der Waals surface area contributed by atoms with Gasteiger partial charge in [0.25, 0.3) is 5.91 Å². The molecule has 7 nitrogen and oxygen atoms in total. The zero-order chi connectivity index (χ0) is 18.8. The highest BCUT2D eigenvalue weighted by Crippen LogP contribution is 2.24. The van der Waals surface area contributed by atoms with Crippen molar-refractivity contribution in [2.24, 2.45) is 5.16 Å². The first-order valence-electron chi connectivity index (χ1n) is 9.13. The predicted molar refractivity (Wildman–Crippen MR) is 99.3 cm³/mol. The predicted octanol–water partition coefficient (Wildman–Crippen LogP) is 2.47. The van der Waals surface area contributed by atoms with Gasteiger partial charge in [0, 0.05) is 31.1 Å². The molecular weight excluding hydrogens is 344 g/mol. The van der Waals surface area contributed by atoms with E-state index in [1.165, 1.54) is 0 Å². The van der Waals surface area contributed by atoms with Gasteiger partial charge >= 0.3 is 0 Å². The Morgan fingerprint density at radius 3 is 2.81 bits per heavy atom. The molecule has 0 saturated heterocycles. The van der Waals surface area contributed by atoms with Gasteiger partial charge in [-0.3, -0.25) is 4.79 Å². The number of benzene rings is 1. The van der Waals surface area contributed by atoms with Crippen LogP contribution in [0.5, 0.6) is 5.75 Å². The van der Waals surface area contributed by atoms with Gasteiger partial charge < -0.3 is 14.5 Å². The van der Waals surface area contributed by atoms with E-state index in [-0.39, 0.29) is 5.91 Å². The Labute approximate surface area is 158 Å². The van der Waals surface area contributed by atoms with Gasteiger partial charge in [0.15, 0.2) is 0 Å². The summed E-state index contributed by atoms with van der Waals surface area (Å²) in [6, 6.07) is 7.87. The molecule has 1 aromatic carbocycles. The third-order valence-electron chi connectivity index (χ3n) is 4.95.